The van der Waals surface area contributed by atoms with Gasteiger partial charge in [-0.2, -0.15) is 0 Å². The minimum Gasteiger partial charge on any atom is -0.478 e. The Morgan fingerprint density at radius 1 is 1.28 bits per heavy atom. The summed E-state index contributed by atoms with van der Waals surface area (Å²) in [7, 11) is 0. The van der Waals surface area contributed by atoms with E-state index in [2.05, 4.69) is 21.2 Å². The number of anilines is 1. The number of amides is 2. The number of carbonyl (C=O) groups is 2. The van der Waals surface area contributed by atoms with Crippen LogP contribution in [0, 0.1) is 0 Å². The van der Waals surface area contributed by atoms with Crippen molar-refractivity contribution in [1.29, 1.82) is 0 Å². The second-order valence-electron chi connectivity index (χ2n) is 4.12. The number of carbonyl (C=O) groups excluding carboxylic acids is 1. The third kappa shape index (κ3) is 2.81. The van der Waals surface area contributed by atoms with Crippen molar-refractivity contribution in [2.45, 2.75) is 12.8 Å². The van der Waals surface area contributed by atoms with Crippen LogP contribution in [-0.4, -0.2) is 35.1 Å². The Balaban J connectivity index is 2.17. The fraction of sp³-hybridized carbons (Fsp3) is 0.333. The zero-order valence-electron chi connectivity index (χ0n) is 9.65. The largest absolute Gasteiger partial charge is 0.478 e. The van der Waals surface area contributed by atoms with Gasteiger partial charge in [0.05, 0.1) is 11.3 Å². The van der Waals surface area contributed by atoms with Crippen LogP contribution in [0.3, 0.4) is 0 Å². The van der Waals surface area contributed by atoms with E-state index in [4.69, 9.17) is 5.11 Å². The van der Waals surface area contributed by atoms with Crippen LogP contribution < -0.4 is 5.32 Å². The molecule has 5 nitrogen and oxygen atoms in total. The van der Waals surface area contributed by atoms with E-state index >= 15 is 0 Å². The maximum absolute atomic E-state index is 11.9. The summed E-state index contributed by atoms with van der Waals surface area (Å²) in [6, 6.07) is 4.52. The predicted octanol–water partition coefficient (Wildman–Crippen LogP) is 2.78. The predicted molar refractivity (Wildman–Crippen MR) is 70.9 cm³/mol. The van der Waals surface area contributed by atoms with Crippen LogP contribution in [0.2, 0.25) is 0 Å². The molecule has 1 aromatic rings. The van der Waals surface area contributed by atoms with E-state index in [0.717, 1.165) is 25.9 Å². The van der Waals surface area contributed by atoms with Crippen LogP contribution in [0.15, 0.2) is 22.7 Å². The molecule has 0 unspecified atom stereocenters. The summed E-state index contributed by atoms with van der Waals surface area (Å²) in [4.78, 5) is 24.7. The number of hydrogen-bond acceptors (Lipinski definition) is 2. The van der Waals surface area contributed by atoms with Gasteiger partial charge in [-0.05, 0) is 31.0 Å². The lowest BCUT2D eigenvalue weighted by Gasteiger charge is -2.17. The van der Waals surface area contributed by atoms with Crippen LogP contribution in [0.25, 0.3) is 0 Å². The standard InChI is InChI=1S/C12H13BrN2O3/c13-8-3-4-10(9(7-8)11(16)17)14-12(18)15-5-1-2-6-15/h3-4,7H,1-2,5-6H2,(H,14,18)(H,16,17). The monoisotopic (exact) mass is 312 g/mol. The van der Waals surface area contributed by atoms with E-state index in [1.807, 2.05) is 0 Å². The molecule has 6 heteroatoms. The molecule has 1 fully saturated rings. The lowest BCUT2D eigenvalue weighted by atomic mass is 10.2. The number of carboxylic acids is 1. The number of aromatic carboxylic acids is 1. The number of carboxylic acid groups (broad SMARTS) is 1. The molecule has 1 saturated heterocycles. The van der Waals surface area contributed by atoms with E-state index in [1.165, 1.54) is 6.07 Å². The number of nitrogens with zero attached hydrogens (tertiary/aromatic N) is 1. The second-order valence-corrected chi connectivity index (χ2v) is 5.04. The maximum Gasteiger partial charge on any atom is 0.337 e. The molecule has 0 radical (unpaired) electrons. The van der Waals surface area contributed by atoms with Crippen LogP contribution in [0.1, 0.15) is 23.2 Å². The van der Waals surface area contributed by atoms with Crippen molar-refractivity contribution >= 4 is 33.6 Å². The molecule has 2 N–H and O–H groups in total. The lowest BCUT2D eigenvalue weighted by molar-refractivity contribution is 0.0698. The summed E-state index contributed by atoms with van der Waals surface area (Å²) in [5, 5.41) is 11.7. The Bertz CT molecular complexity index is 484. The summed E-state index contributed by atoms with van der Waals surface area (Å²) in [6.45, 7) is 1.45. The topological polar surface area (TPSA) is 69.6 Å². The van der Waals surface area contributed by atoms with Crippen LogP contribution in [-0.2, 0) is 0 Å². The Morgan fingerprint density at radius 3 is 2.56 bits per heavy atom. The summed E-state index contributed by atoms with van der Waals surface area (Å²) in [6.07, 6.45) is 2.00. The quantitative estimate of drug-likeness (QED) is 0.882. The molecule has 18 heavy (non-hydrogen) atoms. The molecule has 1 aliphatic rings. The molecule has 0 saturated carbocycles. The second kappa shape index (κ2) is 5.39. The molecule has 96 valence electrons. The highest BCUT2D eigenvalue weighted by Crippen LogP contribution is 2.22. The first-order valence-corrected chi connectivity index (χ1v) is 6.46. The van der Waals surface area contributed by atoms with Crippen LogP contribution >= 0.6 is 15.9 Å². The van der Waals surface area contributed by atoms with Gasteiger partial charge in [0, 0.05) is 17.6 Å². The van der Waals surface area contributed by atoms with Crippen LogP contribution in [0.5, 0.6) is 0 Å². The van der Waals surface area contributed by atoms with Gasteiger partial charge >= 0.3 is 12.0 Å². The number of nitrogens with one attached hydrogen (secondary N) is 1. The first-order chi connectivity index (χ1) is 8.58. The average molecular weight is 313 g/mol. The van der Waals surface area contributed by atoms with E-state index in [9.17, 15) is 9.59 Å². The normalized spacial score (nSPS) is 14.6. The van der Waals surface area contributed by atoms with Gasteiger partial charge in [-0.3, -0.25) is 0 Å². The first kappa shape index (κ1) is 12.9. The third-order valence-electron chi connectivity index (χ3n) is 2.85. The van der Waals surface area contributed by atoms with Gasteiger partial charge in [-0.15, -0.1) is 0 Å². The summed E-state index contributed by atoms with van der Waals surface area (Å²) in [5.41, 5.74) is 0.402. The molecule has 2 rings (SSSR count). The molecular weight excluding hydrogens is 300 g/mol. The van der Waals surface area contributed by atoms with E-state index in [-0.39, 0.29) is 11.6 Å². The smallest absolute Gasteiger partial charge is 0.337 e. The van der Waals surface area contributed by atoms with Gasteiger partial charge in [0.1, 0.15) is 0 Å². The molecule has 2 amide bonds. The van der Waals surface area contributed by atoms with E-state index in [1.54, 1.807) is 17.0 Å². The molecule has 1 aromatic carbocycles. The average Bonchev–Trinajstić information content (AvgIpc) is 2.84. The Hall–Kier alpha value is -1.56. The van der Waals surface area contributed by atoms with Crippen molar-refractivity contribution in [3.63, 3.8) is 0 Å². The minimum absolute atomic E-state index is 0.0805. The first-order valence-electron chi connectivity index (χ1n) is 5.66. The van der Waals surface area contributed by atoms with Gasteiger partial charge in [0.25, 0.3) is 0 Å². The number of halogens is 1. The van der Waals surface area contributed by atoms with Gasteiger partial charge in [-0.25, -0.2) is 9.59 Å². The Labute approximate surface area is 113 Å². The fourth-order valence-electron chi connectivity index (χ4n) is 1.92. The summed E-state index contributed by atoms with van der Waals surface area (Å²) >= 11 is 3.21. The molecule has 0 bridgehead atoms. The zero-order valence-corrected chi connectivity index (χ0v) is 11.2. The number of rotatable bonds is 2. The molecule has 0 spiro atoms. The molecule has 1 heterocycles. The molecule has 1 aliphatic heterocycles. The summed E-state index contributed by atoms with van der Waals surface area (Å²) in [5.74, 6) is -1.06. The molecule has 0 aliphatic carbocycles. The van der Waals surface area contributed by atoms with Gasteiger partial charge in [0.15, 0.2) is 0 Å². The van der Waals surface area contributed by atoms with Crippen molar-refractivity contribution in [3.05, 3.63) is 28.2 Å². The van der Waals surface area contributed by atoms with E-state index in [0.29, 0.717) is 10.2 Å². The van der Waals surface area contributed by atoms with Gasteiger partial charge in [-0.1, -0.05) is 15.9 Å². The maximum atomic E-state index is 11.9. The van der Waals surface area contributed by atoms with Crippen molar-refractivity contribution in [2.75, 3.05) is 18.4 Å². The minimum atomic E-state index is -1.06. The zero-order chi connectivity index (χ0) is 13.1. The van der Waals surface area contributed by atoms with Crippen LogP contribution in [0.4, 0.5) is 10.5 Å². The number of urea groups is 1. The lowest BCUT2D eigenvalue weighted by Crippen LogP contribution is -2.32. The highest BCUT2D eigenvalue weighted by Gasteiger charge is 2.20. The van der Waals surface area contributed by atoms with Crippen molar-refractivity contribution in [1.82, 2.24) is 4.90 Å². The van der Waals surface area contributed by atoms with Gasteiger partial charge in [0.2, 0.25) is 0 Å². The Kier molecular flexibility index (Phi) is 3.86. The Morgan fingerprint density at radius 2 is 1.94 bits per heavy atom. The highest BCUT2D eigenvalue weighted by atomic mass is 79.9. The number of hydrogen-bond donors (Lipinski definition) is 2. The number of benzene rings is 1. The SMILES string of the molecule is O=C(O)c1cc(Br)ccc1NC(=O)N1CCCC1. The van der Waals surface area contributed by atoms with Gasteiger partial charge < -0.3 is 15.3 Å². The van der Waals surface area contributed by atoms with E-state index < -0.39 is 5.97 Å². The highest BCUT2D eigenvalue weighted by molar-refractivity contribution is 9.10. The number of likely N-dealkylation sites (tertiary alicyclic amines) is 1. The molecule has 0 atom stereocenters. The summed E-state index contributed by atoms with van der Waals surface area (Å²) < 4.78 is 0.666. The third-order valence-corrected chi connectivity index (χ3v) is 3.34. The fourth-order valence-corrected chi connectivity index (χ4v) is 2.28. The van der Waals surface area contributed by atoms with Crippen molar-refractivity contribution in [2.24, 2.45) is 0 Å². The van der Waals surface area contributed by atoms with Crippen molar-refractivity contribution < 1.29 is 14.7 Å². The van der Waals surface area contributed by atoms with Crippen molar-refractivity contribution in [3.8, 4) is 0 Å². The molecular formula is C12H13BrN2O3. The molecule has 0 aromatic heterocycles.